The Labute approximate surface area is 126 Å². The van der Waals surface area contributed by atoms with Gasteiger partial charge in [0, 0.05) is 19.2 Å². The number of hydrogen-bond donors (Lipinski definition) is 1. The summed E-state index contributed by atoms with van der Waals surface area (Å²) in [4.78, 5) is 4.47. The lowest BCUT2D eigenvalue weighted by Gasteiger charge is -2.23. The van der Waals surface area contributed by atoms with Gasteiger partial charge in [0.25, 0.3) is 0 Å². The van der Waals surface area contributed by atoms with Crippen LogP contribution in [0.5, 0.6) is 5.88 Å². The van der Waals surface area contributed by atoms with Crippen LogP contribution in [0.2, 0.25) is 0 Å². The van der Waals surface area contributed by atoms with Crippen molar-refractivity contribution in [3.05, 3.63) is 59.8 Å². The van der Waals surface area contributed by atoms with E-state index in [2.05, 4.69) is 29.4 Å². The summed E-state index contributed by atoms with van der Waals surface area (Å²) in [5, 5.41) is 3.56. The summed E-state index contributed by atoms with van der Waals surface area (Å²) in [6, 6.07) is 16.3. The Kier molecular flexibility index (Phi) is 5.72. The molecule has 21 heavy (non-hydrogen) atoms. The van der Waals surface area contributed by atoms with Crippen molar-refractivity contribution >= 4 is 0 Å². The van der Waals surface area contributed by atoms with Crippen LogP contribution in [0.25, 0.3) is 0 Å². The molecular formula is C17H22N2O2. The summed E-state index contributed by atoms with van der Waals surface area (Å²) in [7, 11) is 3.34. The van der Waals surface area contributed by atoms with Crippen molar-refractivity contribution < 1.29 is 9.47 Å². The zero-order chi connectivity index (χ0) is 15.1. The van der Waals surface area contributed by atoms with Gasteiger partial charge in [0.15, 0.2) is 0 Å². The highest BCUT2D eigenvalue weighted by Crippen LogP contribution is 2.20. The average molecular weight is 286 g/mol. The molecule has 2 atom stereocenters. The second-order valence-corrected chi connectivity index (χ2v) is 4.91. The highest BCUT2D eigenvalue weighted by Gasteiger charge is 2.16. The number of nitrogens with zero attached hydrogens (tertiary/aromatic N) is 1. The predicted octanol–water partition coefficient (Wildman–Crippen LogP) is 3.13. The van der Waals surface area contributed by atoms with Gasteiger partial charge >= 0.3 is 0 Å². The van der Waals surface area contributed by atoms with E-state index in [1.54, 1.807) is 14.2 Å². The van der Waals surface area contributed by atoms with Gasteiger partial charge < -0.3 is 9.47 Å². The molecule has 0 unspecified atom stereocenters. The first-order valence-electron chi connectivity index (χ1n) is 7.05. The van der Waals surface area contributed by atoms with Crippen LogP contribution in [0.3, 0.4) is 0 Å². The molecule has 0 aliphatic rings. The number of ether oxygens (including phenoxy) is 2. The normalized spacial score (nSPS) is 13.7. The van der Waals surface area contributed by atoms with Crippen LogP contribution in [-0.2, 0) is 4.74 Å². The summed E-state index contributed by atoms with van der Waals surface area (Å²) in [6.45, 7) is 2.70. The fourth-order valence-corrected chi connectivity index (χ4v) is 2.27. The molecule has 4 nitrogen and oxygen atoms in total. The topological polar surface area (TPSA) is 43.4 Å². The van der Waals surface area contributed by atoms with Crippen LogP contribution >= 0.6 is 0 Å². The zero-order valence-electron chi connectivity index (χ0n) is 12.7. The third kappa shape index (κ3) is 4.28. The fraction of sp³-hybridized carbons (Fsp3) is 0.353. The van der Waals surface area contributed by atoms with E-state index in [9.17, 15) is 0 Å². The van der Waals surface area contributed by atoms with Crippen LogP contribution in [0.1, 0.15) is 30.3 Å². The van der Waals surface area contributed by atoms with E-state index in [1.165, 1.54) is 5.56 Å². The Morgan fingerprint density at radius 1 is 1.05 bits per heavy atom. The van der Waals surface area contributed by atoms with Crippen LogP contribution in [-0.4, -0.2) is 25.8 Å². The molecular weight excluding hydrogens is 264 g/mol. The molecule has 0 aliphatic carbocycles. The summed E-state index contributed by atoms with van der Waals surface area (Å²) >= 11 is 0. The van der Waals surface area contributed by atoms with Crippen molar-refractivity contribution in [2.24, 2.45) is 0 Å². The molecule has 0 fully saturated rings. The predicted molar refractivity (Wildman–Crippen MR) is 83.4 cm³/mol. The third-order valence-corrected chi connectivity index (χ3v) is 3.38. The van der Waals surface area contributed by atoms with Crippen LogP contribution in [0, 0.1) is 0 Å². The molecule has 4 heteroatoms. The highest BCUT2D eigenvalue weighted by molar-refractivity contribution is 5.21. The van der Waals surface area contributed by atoms with Crippen molar-refractivity contribution in [1.82, 2.24) is 10.3 Å². The molecule has 1 heterocycles. The minimum atomic E-state index is 0.0976. The minimum absolute atomic E-state index is 0.0976. The number of hydrogen-bond acceptors (Lipinski definition) is 4. The molecule has 0 saturated heterocycles. The zero-order valence-corrected chi connectivity index (χ0v) is 12.7. The van der Waals surface area contributed by atoms with Gasteiger partial charge in [0.1, 0.15) is 0 Å². The minimum Gasteiger partial charge on any atom is -0.481 e. The lowest BCUT2D eigenvalue weighted by atomic mass is 10.1. The van der Waals surface area contributed by atoms with E-state index >= 15 is 0 Å². The van der Waals surface area contributed by atoms with E-state index < -0.39 is 0 Å². The summed E-state index contributed by atoms with van der Waals surface area (Å²) in [5.74, 6) is 0.629. The molecule has 0 spiro atoms. The largest absolute Gasteiger partial charge is 0.481 e. The Balaban J connectivity index is 2.12. The smallest absolute Gasteiger partial charge is 0.213 e. The molecule has 0 radical (unpaired) electrons. The number of methoxy groups -OCH3 is 2. The molecule has 0 bridgehead atoms. The highest BCUT2D eigenvalue weighted by atomic mass is 16.5. The van der Waals surface area contributed by atoms with Gasteiger partial charge in [0.2, 0.25) is 5.88 Å². The van der Waals surface area contributed by atoms with Crippen LogP contribution in [0.15, 0.2) is 48.5 Å². The number of nitrogens with one attached hydrogen (secondary N) is 1. The van der Waals surface area contributed by atoms with E-state index in [-0.39, 0.29) is 12.1 Å². The maximum absolute atomic E-state index is 5.33. The molecule has 0 aliphatic heterocycles. The second kappa shape index (κ2) is 7.76. The van der Waals surface area contributed by atoms with Crippen LogP contribution < -0.4 is 10.1 Å². The Hall–Kier alpha value is -1.91. The quantitative estimate of drug-likeness (QED) is 0.849. The van der Waals surface area contributed by atoms with E-state index in [4.69, 9.17) is 9.47 Å². The molecule has 0 amide bonds. The Bertz CT molecular complexity index is 545. The lowest BCUT2D eigenvalue weighted by molar-refractivity contribution is 0.161. The second-order valence-electron chi connectivity index (χ2n) is 4.91. The fourth-order valence-electron chi connectivity index (χ4n) is 2.27. The third-order valence-electron chi connectivity index (χ3n) is 3.38. The average Bonchev–Trinajstić information content (AvgIpc) is 2.55. The van der Waals surface area contributed by atoms with Gasteiger partial charge in [-0.3, -0.25) is 5.32 Å². The number of pyridine rings is 1. The van der Waals surface area contributed by atoms with Crippen molar-refractivity contribution in [2.75, 3.05) is 20.8 Å². The SMILES string of the molecule is COC[C@@H](N[C@@H](C)c1cccc(OC)n1)c1ccccc1. The standard InChI is InChI=1S/C17H22N2O2/c1-13(15-10-7-11-17(19-15)21-3)18-16(12-20-2)14-8-5-4-6-9-14/h4-11,13,16,18H,12H2,1-3H3/t13-,16+/m0/s1. The van der Waals surface area contributed by atoms with Crippen molar-refractivity contribution in [2.45, 2.75) is 19.0 Å². The van der Waals surface area contributed by atoms with E-state index in [0.717, 1.165) is 5.69 Å². The van der Waals surface area contributed by atoms with Crippen molar-refractivity contribution in [1.29, 1.82) is 0 Å². The van der Waals surface area contributed by atoms with Gasteiger partial charge in [0.05, 0.1) is 25.5 Å². The monoisotopic (exact) mass is 286 g/mol. The number of aromatic nitrogens is 1. The summed E-state index contributed by atoms with van der Waals surface area (Å²) < 4.78 is 10.5. The van der Waals surface area contributed by atoms with E-state index in [1.807, 2.05) is 36.4 Å². The summed E-state index contributed by atoms with van der Waals surface area (Å²) in [6.07, 6.45) is 0. The Morgan fingerprint density at radius 2 is 1.81 bits per heavy atom. The maximum Gasteiger partial charge on any atom is 0.213 e. The molecule has 2 aromatic rings. The first-order valence-corrected chi connectivity index (χ1v) is 7.05. The first-order chi connectivity index (χ1) is 10.2. The van der Waals surface area contributed by atoms with Gasteiger partial charge in [-0.05, 0) is 18.6 Å². The summed E-state index contributed by atoms with van der Waals surface area (Å²) in [5.41, 5.74) is 2.15. The van der Waals surface area contributed by atoms with Gasteiger partial charge in [-0.25, -0.2) is 4.98 Å². The number of benzene rings is 1. The Morgan fingerprint density at radius 3 is 2.48 bits per heavy atom. The molecule has 1 aromatic carbocycles. The van der Waals surface area contributed by atoms with Crippen LogP contribution in [0.4, 0.5) is 0 Å². The molecule has 112 valence electrons. The van der Waals surface area contributed by atoms with Crippen molar-refractivity contribution in [3.63, 3.8) is 0 Å². The molecule has 1 aromatic heterocycles. The maximum atomic E-state index is 5.33. The molecule has 0 saturated carbocycles. The first kappa shape index (κ1) is 15.5. The molecule has 1 N–H and O–H groups in total. The lowest BCUT2D eigenvalue weighted by Crippen LogP contribution is -2.28. The van der Waals surface area contributed by atoms with Gasteiger partial charge in [-0.2, -0.15) is 0 Å². The van der Waals surface area contributed by atoms with E-state index in [0.29, 0.717) is 12.5 Å². The number of rotatable bonds is 7. The van der Waals surface area contributed by atoms with Crippen molar-refractivity contribution in [3.8, 4) is 5.88 Å². The van der Waals surface area contributed by atoms with Gasteiger partial charge in [-0.15, -0.1) is 0 Å². The molecule has 2 rings (SSSR count). The van der Waals surface area contributed by atoms with Gasteiger partial charge in [-0.1, -0.05) is 36.4 Å².